The van der Waals surface area contributed by atoms with Crippen LogP contribution in [-0.2, 0) is 4.74 Å². The fraction of sp³-hybridized carbons (Fsp3) is 0.938. The van der Waals surface area contributed by atoms with E-state index in [1.807, 2.05) is 0 Å². The number of hydrogen-bond donors (Lipinski definition) is 2. The summed E-state index contributed by atoms with van der Waals surface area (Å²) < 4.78 is 5.41. The summed E-state index contributed by atoms with van der Waals surface area (Å²) >= 11 is 0. The van der Waals surface area contributed by atoms with Gasteiger partial charge in [-0.15, -0.1) is 0 Å². The predicted molar refractivity (Wildman–Crippen MR) is 85.5 cm³/mol. The molecule has 1 saturated carbocycles. The van der Waals surface area contributed by atoms with Crippen molar-refractivity contribution in [2.45, 2.75) is 39.0 Å². The molecule has 5 nitrogen and oxygen atoms in total. The van der Waals surface area contributed by atoms with E-state index in [-0.39, 0.29) is 12.0 Å². The Morgan fingerprint density at radius 3 is 2.67 bits per heavy atom. The lowest BCUT2D eigenvalue weighted by atomic mass is 9.96. The number of aliphatic hydroxyl groups is 1. The summed E-state index contributed by atoms with van der Waals surface area (Å²) in [5.41, 5.74) is 0.0855. The molecule has 2 fully saturated rings. The standard InChI is InChI=1S/C16H31N3O2/c1-3-17-15(18-12-16(13-20)7-8-16)19(2)9-4-14-5-10-21-11-6-14/h14,20H,3-13H2,1-2H3,(H,17,18). The fourth-order valence-electron chi connectivity index (χ4n) is 2.77. The molecule has 2 N–H and O–H groups in total. The molecule has 1 heterocycles. The van der Waals surface area contributed by atoms with Crippen molar-refractivity contribution >= 4 is 5.96 Å². The Morgan fingerprint density at radius 1 is 1.38 bits per heavy atom. The van der Waals surface area contributed by atoms with Crippen molar-refractivity contribution in [2.75, 3.05) is 46.5 Å². The highest BCUT2D eigenvalue weighted by Gasteiger charge is 2.41. The van der Waals surface area contributed by atoms with Crippen LogP contribution in [0.5, 0.6) is 0 Å². The third kappa shape index (κ3) is 5.15. The number of ether oxygens (including phenoxy) is 1. The number of rotatable bonds is 7. The summed E-state index contributed by atoms with van der Waals surface area (Å²) in [5.74, 6) is 1.76. The van der Waals surface area contributed by atoms with E-state index in [9.17, 15) is 5.11 Å². The molecule has 1 aliphatic heterocycles. The average molecular weight is 297 g/mol. The molecule has 0 radical (unpaired) electrons. The molecule has 0 aromatic rings. The highest BCUT2D eigenvalue weighted by molar-refractivity contribution is 5.79. The van der Waals surface area contributed by atoms with Crippen molar-refractivity contribution in [3.05, 3.63) is 0 Å². The predicted octanol–water partition coefficient (Wildman–Crippen LogP) is 1.47. The van der Waals surface area contributed by atoms with E-state index in [0.717, 1.165) is 57.6 Å². The quantitative estimate of drug-likeness (QED) is 0.552. The van der Waals surface area contributed by atoms with Crippen LogP contribution in [0.15, 0.2) is 4.99 Å². The Balaban J connectivity index is 1.79. The van der Waals surface area contributed by atoms with Crippen molar-refractivity contribution in [3.63, 3.8) is 0 Å². The molecular weight excluding hydrogens is 266 g/mol. The van der Waals surface area contributed by atoms with Gasteiger partial charge in [0.25, 0.3) is 0 Å². The topological polar surface area (TPSA) is 57.1 Å². The molecule has 0 aromatic heterocycles. The summed E-state index contributed by atoms with van der Waals surface area (Å²) in [7, 11) is 2.11. The summed E-state index contributed by atoms with van der Waals surface area (Å²) in [6.07, 6.45) is 5.80. The molecule has 0 unspecified atom stereocenters. The van der Waals surface area contributed by atoms with Gasteiger partial charge in [-0.25, -0.2) is 0 Å². The maximum absolute atomic E-state index is 9.40. The van der Waals surface area contributed by atoms with Gasteiger partial charge in [0, 0.05) is 38.8 Å². The van der Waals surface area contributed by atoms with Crippen LogP contribution in [-0.4, -0.2) is 62.5 Å². The number of nitrogens with one attached hydrogen (secondary N) is 1. The van der Waals surface area contributed by atoms with Crippen LogP contribution >= 0.6 is 0 Å². The first-order chi connectivity index (χ1) is 10.2. The van der Waals surface area contributed by atoms with Gasteiger partial charge >= 0.3 is 0 Å². The fourth-order valence-corrected chi connectivity index (χ4v) is 2.77. The number of aliphatic imine (C=N–C) groups is 1. The summed E-state index contributed by atoms with van der Waals surface area (Å²) in [5, 5.41) is 12.8. The third-order valence-electron chi connectivity index (χ3n) is 4.77. The van der Waals surface area contributed by atoms with E-state index in [2.05, 4.69) is 24.2 Å². The van der Waals surface area contributed by atoms with Crippen LogP contribution in [0.3, 0.4) is 0 Å². The van der Waals surface area contributed by atoms with Gasteiger partial charge < -0.3 is 20.1 Å². The van der Waals surface area contributed by atoms with Gasteiger partial charge in [-0.1, -0.05) is 0 Å². The highest BCUT2D eigenvalue weighted by Crippen LogP contribution is 2.45. The first kappa shape index (κ1) is 16.6. The molecule has 21 heavy (non-hydrogen) atoms. The molecule has 1 aliphatic carbocycles. The van der Waals surface area contributed by atoms with Crippen LogP contribution in [0.1, 0.15) is 39.0 Å². The maximum Gasteiger partial charge on any atom is 0.193 e. The molecule has 1 saturated heterocycles. The molecule has 122 valence electrons. The van der Waals surface area contributed by atoms with E-state index in [1.54, 1.807) is 0 Å². The van der Waals surface area contributed by atoms with E-state index >= 15 is 0 Å². The molecule has 2 aliphatic rings. The zero-order chi connectivity index (χ0) is 15.1. The van der Waals surface area contributed by atoms with Crippen molar-refractivity contribution in [2.24, 2.45) is 16.3 Å². The normalized spacial score (nSPS) is 22.1. The van der Waals surface area contributed by atoms with Crippen molar-refractivity contribution in [1.29, 1.82) is 0 Å². The van der Waals surface area contributed by atoms with Crippen LogP contribution in [0.4, 0.5) is 0 Å². The minimum Gasteiger partial charge on any atom is -0.396 e. The Morgan fingerprint density at radius 2 is 2.10 bits per heavy atom. The number of nitrogens with zero attached hydrogens (tertiary/aromatic N) is 2. The number of hydrogen-bond acceptors (Lipinski definition) is 3. The number of guanidine groups is 1. The zero-order valence-electron chi connectivity index (χ0n) is 13.6. The van der Waals surface area contributed by atoms with Gasteiger partial charge in [-0.2, -0.15) is 0 Å². The van der Waals surface area contributed by atoms with E-state index < -0.39 is 0 Å². The SMILES string of the molecule is CCNC(=NCC1(CO)CC1)N(C)CCC1CCOCC1. The lowest BCUT2D eigenvalue weighted by Crippen LogP contribution is -2.40. The first-order valence-corrected chi connectivity index (χ1v) is 8.37. The zero-order valence-corrected chi connectivity index (χ0v) is 13.6. The van der Waals surface area contributed by atoms with Crippen LogP contribution in [0.2, 0.25) is 0 Å². The highest BCUT2D eigenvalue weighted by atomic mass is 16.5. The lowest BCUT2D eigenvalue weighted by Gasteiger charge is -2.27. The monoisotopic (exact) mass is 297 g/mol. The Bertz CT molecular complexity index is 336. The minimum absolute atomic E-state index is 0.0855. The number of aliphatic hydroxyl groups excluding tert-OH is 1. The maximum atomic E-state index is 9.40. The van der Waals surface area contributed by atoms with E-state index in [1.165, 1.54) is 19.3 Å². The van der Waals surface area contributed by atoms with Gasteiger partial charge in [0.1, 0.15) is 0 Å². The molecule has 0 amide bonds. The summed E-state index contributed by atoms with van der Waals surface area (Å²) in [6, 6.07) is 0. The molecule has 0 spiro atoms. The summed E-state index contributed by atoms with van der Waals surface area (Å²) in [4.78, 5) is 6.96. The second-order valence-electron chi connectivity index (χ2n) is 6.59. The molecule has 0 aromatic carbocycles. The van der Waals surface area contributed by atoms with Gasteiger partial charge in [-0.05, 0) is 44.9 Å². The molecule has 2 rings (SSSR count). The Hall–Kier alpha value is -0.810. The van der Waals surface area contributed by atoms with Crippen molar-refractivity contribution in [3.8, 4) is 0 Å². The van der Waals surface area contributed by atoms with Gasteiger partial charge in [0.15, 0.2) is 5.96 Å². The first-order valence-electron chi connectivity index (χ1n) is 8.37. The summed E-state index contributed by atoms with van der Waals surface area (Å²) in [6.45, 7) is 6.86. The average Bonchev–Trinajstić information content (AvgIpc) is 3.30. The van der Waals surface area contributed by atoms with Crippen LogP contribution in [0, 0.1) is 11.3 Å². The smallest absolute Gasteiger partial charge is 0.193 e. The molecule has 5 heteroatoms. The van der Waals surface area contributed by atoms with E-state index in [0.29, 0.717) is 0 Å². The van der Waals surface area contributed by atoms with Crippen molar-refractivity contribution < 1.29 is 9.84 Å². The minimum atomic E-state index is 0.0855. The second-order valence-corrected chi connectivity index (χ2v) is 6.59. The van der Waals surface area contributed by atoms with E-state index in [4.69, 9.17) is 9.73 Å². The van der Waals surface area contributed by atoms with Gasteiger partial charge in [0.05, 0.1) is 13.2 Å². The van der Waals surface area contributed by atoms with Crippen LogP contribution < -0.4 is 5.32 Å². The van der Waals surface area contributed by atoms with Gasteiger partial charge in [0.2, 0.25) is 0 Å². The molecule has 0 atom stereocenters. The van der Waals surface area contributed by atoms with Gasteiger partial charge in [-0.3, -0.25) is 4.99 Å². The Labute approximate surface area is 128 Å². The lowest BCUT2D eigenvalue weighted by molar-refractivity contribution is 0.0625. The molecule has 0 bridgehead atoms. The third-order valence-corrected chi connectivity index (χ3v) is 4.77. The van der Waals surface area contributed by atoms with Crippen molar-refractivity contribution in [1.82, 2.24) is 10.2 Å². The second kappa shape index (κ2) is 7.99. The Kier molecular flexibility index (Phi) is 6.30. The molecular formula is C16H31N3O2. The van der Waals surface area contributed by atoms with Crippen LogP contribution in [0.25, 0.3) is 0 Å². The largest absolute Gasteiger partial charge is 0.396 e.